The number of fused-ring (bicyclic) bond motifs is 1. The summed E-state index contributed by atoms with van der Waals surface area (Å²) in [5, 5.41) is 14.6. The van der Waals surface area contributed by atoms with E-state index in [0.717, 1.165) is 11.9 Å². The normalized spacial score (nSPS) is 35.9. The SMILES string of the molecule is [B][C@@H]1[C@H](C)C(=O)[C@](C)(F)C(=O)O[C@H](CC)[C@@]2(C)OC(=O)N(CCCCn3cc(-c4nccs4)nn3)[C@@H]2[C@@H](C)NC[C@H](C)C[C@@]1(C)OC. The third-order valence-corrected chi connectivity index (χ3v) is 10.7. The summed E-state index contributed by atoms with van der Waals surface area (Å²) < 4.78 is 35.5. The molecule has 0 bridgehead atoms. The molecule has 2 radical (unpaired) electrons. The number of halogens is 1. The first kappa shape index (κ1) is 36.9. The summed E-state index contributed by atoms with van der Waals surface area (Å²) in [6, 6.07) is -0.896. The van der Waals surface area contributed by atoms with Crippen LogP contribution in [0.4, 0.5) is 9.18 Å². The first-order valence-electron chi connectivity index (χ1n) is 16.4. The Bertz CT molecular complexity index is 1400. The van der Waals surface area contributed by atoms with Crippen molar-refractivity contribution < 1.29 is 33.0 Å². The molecule has 2 aliphatic heterocycles. The number of rotatable bonds is 8. The van der Waals surface area contributed by atoms with Gasteiger partial charge in [0.2, 0.25) is 0 Å². The van der Waals surface area contributed by atoms with Crippen LogP contribution >= 0.6 is 11.3 Å². The summed E-state index contributed by atoms with van der Waals surface area (Å²) >= 11 is 1.49. The average molecular weight is 675 g/mol. The summed E-state index contributed by atoms with van der Waals surface area (Å²) in [5.74, 6) is -4.24. The van der Waals surface area contributed by atoms with Crippen molar-refractivity contribution in [2.75, 3.05) is 20.2 Å². The zero-order valence-electron chi connectivity index (χ0n) is 28.7. The van der Waals surface area contributed by atoms with Gasteiger partial charge >= 0.3 is 12.1 Å². The second-order valence-corrected chi connectivity index (χ2v) is 14.5. The predicted molar refractivity (Wildman–Crippen MR) is 176 cm³/mol. The molecule has 258 valence electrons. The summed E-state index contributed by atoms with van der Waals surface area (Å²) in [7, 11) is 8.05. The van der Waals surface area contributed by atoms with Crippen LogP contribution in [0.2, 0.25) is 5.82 Å². The second-order valence-electron chi connectivity index (χ2n) is 13.6. The van der Waals surface area contributed by atoms with Gasteiger partial charge in [0.25, 0.3) is 5.67 Å². The Morgan fingerprint density at radius 3 is 2.51 bits per heavy atom. The lowest BCUT2D eigenvalue weighted by molar-refractivity contribution is -0.179. The van der Waals surface area contributed by atoms with E-state index in [0.29, 0.717) is 44.6 Å². The fraction of sp³-hybridized carbons (Fsp3) is 0.750. The van der Waals surface area contributed by atoms with E-state index in [1.165, 1.54) is 25.4 Å². The summed E-state index contributed by atoms with van der Waals surface area (Å²) in [4.78, 5) is 46.3. The number of ether oxygens (including phenoxy) is 3. The molecular weight excluding hydrogens is 626 g/mol. The number of aromatic nitrogens is 4. The second kappa shape index (κ2) is 14.7. The number of nitrogens with zero attached hydrogens (tertiary/aromatic N) is 5. The van der Waals surface area contributed by atoms with Crippen molar-refractivity contribution in [3.8, 4) is 10.7 Å². The van der Waals surface area contributed by atoms with Crippen molar-refractivity contribution in [2.24, 2.45) is 11.8 Å². The molecule has 15 heteroatoms. The van der Waals surface area contributed by atoms with E-state index >= 15 is 4.39 Å². The van der Waals surface area contributed by atoms with Crippen molar-refractivity contribution in [3.05, 3.63) is 17.8 Å². The molecule has 2 saturated heterocycles. The molecule has 2 aromatic heterocycles. The summed E-state index contributed by atoms with van der Waals surface area (Å²) in [6.07, 6.45) is 4.00. The van der Waals surface area contributed by atoms with Gasteiger partial charge in [-0.1, -0.05) is 26.0 Å². The zero-order valence-corrected chi connectivity index (χ0v) is 29.5. The molecule has 4 heterocycles. The van der Waals surface area contributed by atoms with Gasteiger partial charge in [-0.05, 0) is 71.7 Å². The number of thiazole rings is 1. The first-order chi connectivity index (χ1) is 22.1. The lowest BCUT2D eigenvalue weighted by atomic mass is 9.62. The molecule has 1 amide bonds. The molecule has 0 spiro atoms. The summed E-state index contributed by atoms with van der Waals surface area (Å²) in [5.41, 5.74) is -4.60. The molecule has 4 rings (SSSR count). The topological polar surface area (TPSA) is 138 Å². The molecule has 0 saturated carbocycles. The maximum Gasteiger partial charge on any atom is 0.410 e. The largest absolute Gasteiger partial charge is 0.455 e. The van der Waals surface area contributed by atoms with E-state index in [4.69, 9.17) is 22.1 Å². The first-order valence-corrected chi connectivity index (χ1v) is 17.2. The predicted octanol–water partition coefficient (Wildman–Crippen LogP) is 4.40. The van der Waals surface area contributed by atoms with Crippen LogP contribution in [0.1, 0.15) is 74.1 Å². The number of aryl methyl sites for hydroxylation is 1. The highest BCUT2D eigenvalue weighted by atomic mass is 32.1. The van der Waals surface area contributed by atoms with Crippen LogP contribution in [-0.4, -0.2) is 106 Å². The van der Waals surface area contributed by atoms with Crippen LogP contribution < -0.4 is 5.32 Å². The van der Waals surface area contributed by atoms with Crippen LogP contribution in [0, 0.1) is 11.8 Å². The van der Waals surface area contributed by atoms with Gasteiger partial charge in [0.15, 0.2) is 11.4 Å². The van der Waals surface area contributed by atoms with E-state index in [1.54, 1.807) is 36.5 Å². The number of hydrogen-bond donors (Lipinski definition) is 1. The van der Waals surface area contributed by atoms with Crippen LogP contribution in [-0.2, 0) is 30.3 Å². The number of Topliss-reactive ketones (excluding diaryl/α,β-unsaturated/α-hetero) is 1. The number of nitrogens with one attached hydrogen (secondary N) is 1. The molecule has 47 heavy (non-hydrogen) atoms. The molecule has 2 fully saturated rings. The van der Waals surface area contributed by atoms with Crippen molar-refractivity contribution in [1.82, 2.24) is 30.2 Å². The minimum atomic E-state index is -2.98. The van der Waals surface area contributed by atoms with Crippen molar-refractivity contribution in [1.29, 1.82) is 0 Å². The Hall–Kier alpha value is -2.91. The number of cyclic esters (lactones) is 1. The monoisotopic (exact) mass is 674 g/mol. The van der Waals surface area contributed by atoms with Gasteiger partial charge in [0, 0.05) is 43.7 Å². The molecule has 0 unspecified atom stereocenters. The van der Waals surface area contributed by atoms with Crippen molar-refractivity contribution in [2.45, 2.75) is 122 Å². The van der Waals surface area contributed by atoms with E-state index < -0.39 is 58.6 Å². The average Bonchev–Trinajstić information content (AvgIpc) is 3.79. The molecule has 2 aromatic rings. The van der Waals surface area contributed by atoms with Gasteiger partial charge in [0.05, 0.1) is 25.7 Å². The number of alkyl halides is 1. The van der Waals surface area contributed by atoms with Gasteiger partial charge in [-0.3, -0.25) is 14.4 Å². The molecule has 0 aromatic carbocycles. The third-order valence-electron chi connectivity index (χ3n) is 9.94. The van der Waals surface area contributed by atoms with Crippen molar-refractivity contribution in [3.63, 3.8) is 0 Å². The van der Waals surface area contributed by atoms with Gasteiger partial charge in [-0.15, -0.1) is 16.4 Å². The maximum atomic E-state index is 16.1. The van der Waals surface area contributed by atoms with Crippen LogP contribution in [0.15, 0.2) is 17.8 Å². The van der Waals surface area contributed by atoms with Crippen molar-refractivity contribution >= 4 is 37.0 Å². The molecular formula is C32H48BFN6O6S. The highest BCUT2D eigenvalue weighted by Crippen LogP contribution is 2.41. The van der Waals surface area contributed by atoms with E-state index in [2.05, 4.69) is 20.6 Å². The minimum absolute atomic E-state index is 0.0205. The highest BCUT2D eigenvalue weighted by molar-refractivity contribution is 7.13. The van der Waals surface area contributed by atoms with Crippen LogP contribution in [0.3, 0.4) is 0 Å². The number of ketones is 1. The standard InChI is InChI=1S/C32H48BFN6O6S/c1-9-23-32(7)25(40(29(43)46-32)14-11-10-13-39-18-22(37-38-39)27-35-12-15-47-27)21(4)36-17-19(2)16-30(5,44-8)24(33)20(3)26(41)31(6,34)28(42)45-23/h12,15,18-21,23-25,36H,9-11,13-14,16-17H2,1-8H3/t19-,20+,21-,23-,24-,25-,30-,31+,32-/m1/s1. The van der Waals surface area contributed by atoms with E-state index in [1.807, 2.05) is 25.4 Å². The lowest BCUT2D eigenvalue weighted by Gasteiger charge is -2.41. The van der Waals surface area contributed by atoms with Gasteiger partial charge in [0.1, 0.15) is 16.8 Å². The molecule has 2 aliphatic rings. The number of methoxy groups -OCH3 is 1. The number of carbonyl (C=O) groups is 3. The fourth-order valence-electron chi connectivity index (χ4n) is 7.08. The Morgan fingerprint density at radius 2 is 1.87 bits per heavy atom. The Labute approximate surface area is 281 Å². The fourth-order valence-corrected chi connectivity index (χ4v) is 7.67. The number of amides is 1. The number of unbranched alkanes of at least 4 members (excludes halogenated alkanes) is 1. The Balaban J connectivity index is 1.58. The Morgan fingerprint density at radius 1 is 1.17 bits per heavy atom. The quantitative estimate of drug-likeness (QED) is 0.186. The molecule has 0 aliphatic carbocycles. The van der Waals surface area contributed by atoms with Crippen LogP contribution in [0.25, 0.3) is 10.7 Å². The molecule has 9 atom stereocenters. The lowest BCUT2D eigenvalue weighted by Crippen LogP contribution is -2.61. The number of hydrogen-bond acceptors (Lipinski definition) is 11. The maximum absolute atomic E-state index is 16.1. The van der Waals surface area contributed by atoms with E-state index in [-0.39, 0.29) is 18.4 Å². The molecule has 1 N–H and O–H groups in total. The van der Waals surface area contributed by atoms with Gasteiger partial charge in [-0.2, -0.15) is 0 Å². The van der Waals surface area contributed by atoms with E-state index in [9.17, 15) is 14.4 Å². The summed E-state index contributed by atoms with van der Waals surface area (Å²) in [6.45, 7) is 13.2. The molecule has 12 nitrogen and oxygen atoms in total. The van der Waals surface area contributed by atoms with Gasteiger partial charge < -0.3 is 19.5 Å². The minimum Gasteiger partial charge on any atom is -0.455 e. The highest BCUT2D eigenvalue weighted by Gasteiger charge is 2.59. The number of carbonyl (C=O) groups excluding carboxylic acids is 3. The smallest absolute Gasteiger partial charge is 0.410 e. The zero-order chi connectivity index (χ0) is 34.7. The third kappa shape index (κ3) is 7.56. The van der Waals surface area contributed by atoms with Crippen LogP contribution in [0.5, 0.6) is 0 Å². The number of esters is 1. The van der Waals surface area contributed by atoms with Gasteiger partial charge in [-0.25, -0.2) is 19.0 Å². The Kier molecular flexibility index (Phi) is 11.5.